The third-order valence-corrected chi connectivity index (χ3v) is 4.78. The lowest BCUT2D eigenvalue weighted by Gasteiger charge is -2.25. The zero-order valence-corrected chi connectivity index (χ0v) is 15.0. The molecule has 2 aromatic carbocycles. The van der Waals surface area contributed by atoms with Crippen LogP contribution < -0.4 is 9.80 Å². The van der Waals surface area contributed by atoms with E-state index < -0.39 is 0 Å². The molecular formula is C21H24N2O2. The number of aryl methyl sites for hydroxylation is 2. The lowest BCUT2D eigenvalue weighted by Crippen LogP contribution is -2.37. The van der Waals surface area contributed by atoms with Crippen molar-refractivity contribution in [3.8, 4) is 0 Å². The third-order valence-electron chi connectivity index (χ3n) is 4.78. The maximum Gasteiger partial charge on any atom is 0.232 e. The van der Waals surface area contributed by atoms with E-state index in [9.17, 15) is 9.59 Å². The summed E-state index contributed by atoms with van der Waals surface area (Å²) >= 11 is 0. The smallest absolute Gasteiger partial charge is 0.232 e. The highest BCUT2D eigenvalue weighted by atomic mass is 16.2. The largest absolute Gasteiger partial charge is 0.312 e. The first-order valence-corrected chi connectivity index (χ1v) is 8.75. The Bertz CT molecular complexity index is 800. The van der Waals surface area contributed by atoms with E-state index in [1.807, 2.05) is 69.3 Å². The Balaban J connectivity index is 1.81. The molecule has 1 atom stereocenters. The molecule has 1 aliphatic rings. The van der Waals surface area contributed by atoms with Crippen molar-refractivity contribution in [1.82, 2.24) is 0 Å². The van der Waals surface area contributed by atoms with E-state index in [2.05, 4.69) is 0 Å². The van der Waals surface area contributed by atoms with E-state index in [-0.39, 0.29) is 24.2 Å². The lowest BCUT2D eigenvalue weighted by atomic mass is 10.1. The average Bonchev–Trinajstić information content (AvgIpc) is 2.98. The fourth-order valence-electron chi connectivity index (χ4n) is 3.45. The summed E-state index contributed by atoms with van der Waals surface area (Å²) in [5.41, 5.74) is 3.97. The van der Waals surface area contributed by atoms with E-state index in [0.29, 0.717) is 13.1 Å². The number of nitrogens with zero attached hydrogens (tertiary/aromatic N) is 2. The minimum absolute atomic E-state index is 0.0212. The summed E-state index contributed by atoms with van der Waals surface area (Å²) in [7, 11) is 0. The Hall–Kier alpha value is -2.62. The standard InChI is InChI=1S/C21H24N2O2/c1-4-22(18-10-7-8-15(2)12-18)21(25)17-13-20(24)23(14-17)19-11-6-5-9-16(19)3/h5-12,17H,4,13-14H2,1-3H3/t17-/m0/s1. The summed E-state index contributed by atoms with van der Waals surface area (Å²) in [5.74, 6) is -0.252. The van der Waals surface area contributed by atoms with Crippen molar-refractivity contribution in [2.75, 3.05) is 22.9 Å². The van der Waals surface area contributed by atoms with Crippen molar-refractivity contribution in [2.24, 2.45) is 5.92 Å². The second kappa shape index (κ2) is 7.09. The first-order valence-electron chi connectivity index (χ1n) is 8.75. The molecule has 0 aromatic heterocycles. The van der Waals surface area contributed by atoms with Gasteiger partial charge in [-0.05, 0) is 50.1 Å². The minimum atomic E-state index is -0.299. The van der Waals surface area contributed by atoms with Gasteiger partial charge in [-0.15, -0.1) is 0 Å². The van der Waals surface area contributed by atoms with Crippen LogP contribution in [0.15, 0.2) is 48.5 Å². The molecule has 25 heavy (non-hydrogen) atoms. The highest BCUT2D eigenvalue weighted by Crippen LogP contribution is 2.29. The van der Waals surface area contributed by atoms with Crippen molar-refractivity contribution in [3.63, 3.8) is 0 Å². The number of para-hydroxylation sites is 1. The zero-order valence-electron chi connectivity index (χ0n) is 15.0. The monoisotopic (exact) mass is 336 g/mol. The number of anilines is 2. The van der Waals surface area contributed by atoms with Gasteiger partial charge in [-0.3, -0.25) is 9.59 Å². The first kappa shape index (κ1) is 17.2. The van der Waals surface area contributed by atoms with Crippen molar-refractivity contribution in [3.05, 3.63) is 59.7 Å². The zero-order chi connectivity index (χ0) is 18.0. The molecule has 0 bridgehead atoms. The Labute approximate surface area is 149 Å². The van der Waals surface area contributed by atoms with Crippen molar-refractivity contribution >= 4 is 23.2 Å². The van der Waals surface area contributed by atoms with Gasteiger partial charge >= 0.3 is 0 Å². The SMILES string of the molecule is CCN(C(=O)[C@H]1CC(=O)N(c2ccccc2C)C1)c1cccc(C)c1. The fourth-order valence-corrected chi connectivity index (χ4v) is 3.45. The van der Waals surface area contributed by atoms with Crippen LogP contribution in [0.5, 0.6) is 0 Å². The van der Waals surface area contributed by atoms with Gasteiger partial charge in [0.2, 0.25) is 11.8 Å². The number of hydrogen-bond acceptors (Lipinski definition) is 2. The van der Waals surface area contributed by atoms with Crippen LogP contribution in [0, 0.1) is 19.8 Å². The highest BCUT2D eigenvalue weighted by molar-refractivity contribution is 6.04. The molecule has 0 spiro atoms. The first-order chi connectivity index (χ1) is 12.0. The van der Waals surface area contributed by atoms with Crippen LogP contribution >= 0.6 is 0 Å². The van der Waals surface area contributed by atoms with Crippen molar-refractivity contribution in [1.29, 1.82) is 0 Å². The van der Waals surface area contributed by atoms with E-state index in [0.717, 1.165) is 22.5 Å². The van der Waals surface area contributed by atoms with Crippen LogP contribution in [0.25, 0.3) is 0 Å². The molecule has 1 heterocycles. The molecule has 130 valence electrons. The van der Waals surface area contributed by atoms with E-state index in [4.69, 9.17) is 0 Å². The van der Waals surface area contributed by atoms with Crippen LogP contribution in [-0.4, -0.2) is 24.9 Å². The summed E-state index contributed by atoms with van der Waals surface area (Å²) in [6.45, 7) is 7.02. The summed E-state index contributed by atoms with van der Waals surface area (Å²) in [4.78, 5) is 29.1. The number of carbonyl (C=O) groups excluding carboxylic acids is 2. The van der Waals surface area contributed by atoms with E-state index in [1.165, 1.54) is 0 Å². The molecule has 0 saturated carbocycles. The normalized spacial score (nSPS) is 17.0. The van der Waals surface area contributed by atoms with Gasteiger partial charge in [0.1, 0.15) is 0 Å². The number of amides is 2. The molecule has 4 nitrogen and oxygen atoms in total. The molecule has 0 aliphatic carbocycles. The lowest BCUT2D eigenvalue weighted by molar-refractivity contribution is -0.124. The van der Waals surface area contributed by atoms with Crippen LogP contribution in [0.3, 0.4) is 0 Å². The maximum atomic E-state index is 13.0. The third kappa shape index (κ3) is 3.43. The molecule has 0 radical (unpaired) electrons. The van der Waals surface area contributed by atoms with E-state index in [1.54, 1.807) is 9.80 Å². The van der Waals surface area contributed by atoms with Gasteiger partial charge in [0.25, 0.3) is 0 Å². The van der Waals surface area contributed by atoms with Crippen LogP contribution in [-0.2, 0) is 9.59 Å². The molecular weight excluding hydrogens is 312 g/mol. The van der Waals surface area contributed by atoms with Crippen LogP contribution in [0.1, 0.15) is 24.5 Å². The predicted octanol–water partition coefficient (Wildman–Crippen LogP) is 3.71. The molecule has 0 unspecified atom stereocenters. The average molecular weight is 336 g/mol. The molecule has 2 amide bonds. The van der Waals surface area contributed by atoms with Gasteiger partial charge in [-0.1, -0.05) is 30.3 Å². The number of rotatable bonds is 4. The van der Waals surface area contributed by atoms with Crippen LogP contribution in [0.2, 0.25) is 0 Å². The Morgan fingerprint density at radius 2 is 1.92 bits per heavy atom. The second-order valence-electron chi connectivity index (χ2n) is 6.61. The Morgan fingerprint density at radius 1 is 1.16 bits per heavy atom. The van der Waals surface area contributed by atoms with Gasteiger partial charge in [-0.25, -0.2) is 0 Å². The van der Waals surface area contributed by atoms with Gasteiger partial charge < -0.3 is 9.80 Å². The topological polar surface area (TPSA) is 40.6 Å². The van der Waals surface area contributed by atoms with Crippen molar-refractivity contribution < 1.29 is 9.59 Å². The Kier molecular flexibility index (Phi) is 4.88. The Morgan fingerprint density at radius 3 is 2.60 bits per heavy atom. The van der Waals surface area contributed by atoms with E-state index >= 15 is 0 Å². The molecule has 1 fully saturated rings. The molecule has 1 saturated heterocycles. The quantitative estimate of drug-likeness (QED) is 0.854. The van der Waals surface area contributed by atoms with Crippen molar-refractivity contribution in [2.45, 2.75) is 27.2 Å². The fraction of sp³-hybridized carbons (Fsp3) is 0.333. The van der Waals surface area contributed by atoms with Gasteiger partial charge in [0.15, 0.2) is 0 Å². The molecule has 1 aliphatic heterocycles. The maximum absolute atomic E-state index is 13.0. The molecule has 0 N–H and O–H groups in total. The number of benzene rings is 2. The minimum Gasteiger partial charge on any atom is -0.312 e. The van der Waals surface area contributed by atoms with Gasteiger partial charge in [0, 0.05) is 30.9 Å². The number of carbonyl (C=O) groups is 2. The van der Waals surface area contributed by atoms with Gasteiger partial charge in [0.05, 0.1) is 5.92 Å². The molecule has 3 rings (SSSR count). The predicted molar refractivity (Wildman–Crippen MR) is 101 cm³/mol. The van der Waals surface area contributed by atoms with Gasteiger partial charge in [-0.2, -0.15) is 0 Å². The second-order valence-corrected chi connectivity index (χ2v) is 6.61. The summed E-state index contributed by atoms with van der Waals surface area (Å²) in [6, 6.07) is 15.7. The van der Waals surface area contributed by atoms with Crippen LogP contribution in [0.4, 0.5) is 11.4 Å². The molecule has 2 aromatic rings. The summed E-state index contributed by atoms with van der Waals surface area (Å²) in [6.07, 6.45) is 0.273. The summed E-state index contributed by atoms with van der Waals surface area (Å²) < 4.78 is 0. The number of hydrogen-bond donors (Lipinski definition) is 0. The summed E-state index contributed by atoms with van der Waals surface area (Å²) in [5, 5.41) is 0. The highest BCUT2D eigenvalue weighted by Gasteiger charge is 2.37. The molecule has 4 heteroatoms.